The number of amidine groups is 1. The molecule has 0 aliphatic carbocycles. The number of rotatable bonds is 4. The molecule has 82 valence electrons. The van der Waals surface area contributed by atoms with Gasteiger partial charge in [-0.1, -0.05) is 26.0 Å². The molecular formula is C12H18N2S. The Balaban J connectivity index is 2.68. The van der Waals surface area contributed by atoms with Crippen molar-refractivity contribution in [2.75, 3.05) is 0 Å². The number of nitrogens with one attached hydrogen (secondary N) is 1. The van der Waals surface area contributed by atoms with Gasteiger partial charge in [0, 0.05) is 4.90 Å². The van der Waals surface area contributed by atoms with E-state index >= 15 is 0 Å². The van der Waals surface area contributed by atoms with E-state index in [1.807, 2.05) is 6.92 Å². The van der Waals surface area contributed by atoms with E-state index in [2.05, 4.69) is 38.1 Å². The van der Waals surface area contributed by atoms with Gasteiger partial charge in [-0.05, 0) is 30.5 Å². The molecule has 15 heavy (non-hydrogen) atoms. The molecule has 0 aliphatic heterocycles. The third kappa shape index (κ3) is 3.59. The van der Waals surface area contributed by atoms with Gasteiger partial charge in [0.15, 0.2) is 0 Å². The molecule has 2 nitrogen and oxygen atoms in total. The Morgan fingerprint density at radius 3 is 2.13 bits per heavy atom. The quantitative estimate of drug-likeness (QED) is 0.467. The van der Waals surface area contributed by atoms with E-state index in [0.29, 0.717) is 5.92 Å². The number of thioether (sulfide) groups is 1. The molecule has 0 amide bonds. The van der Waals surface area contributed by atoms with Crippen LogP contribution in [-0.4, -0.2) is 11.1 Å². The van der Waals surface area contributed by atoms with Gasteiger partial charge in [-0.3, -0.25) is 5.41 Å². The minimum atomic E-state index is 0.0508. The van der Waals surface area contributed by atoms with Crippen LogP contribution in [0, 0.1) is 5.41 Å². The molecule has 1 aromatic rings. The van der Waals surface area contributed by atoms with Gasteiger partial charge in [0.05, 0.1) is 5.25 Å². The van der Waals surface area contributed by atoms with E-state index < -0.39 is 0 Å². The Labute approximate surface area is 95.8 Å². The van der Waals surface area contributed by atoms with Gasteiger partial charge in [-0.25, -0.2) is 0 Å². The Morgan fingerprint density at radius 2 is 1.73 bits per heavy atom. The normalized spacial score (nSPS) is 12.8. The maximum Gasteiger partial charge on any atom is 0.104 e. The lowest BCUT2D eigenvalue weighted by Crippen LogP contribution is -2.21. The first-order chi connectivity index (χ1) is 7.00. The van der Waals surface area contributed by atoms with E-state index in [1.165, 1.54) is 10.5 Å². The van der Waals surface area contributed by atoms with Crippen molar-refractivity contribution in [1.82, 2.24) is 0 Å². The second-order valence-electron chi connectivity index (χ2n) is 3.94. The predicted octanol–water partition coefficient (Wildman–Crippen LogP) is 3.23. The van der Waals surface area contributed by atoms with Crippen LogP contribution in [0.2, 0.25) is 0 Å². The Morgan fingerprint density at radius 1 is 1.20 bits per heavy atom. The average molecular weight is 222 g/mol. The Bertz CT molecular complexity index is 330. The average Bonchev–Trinajstić information content (AvgIpc) is 2.18. The summed E-state index contributed by atoms with van der Waals surface area (Å²) < 4.78 is 0. The van der Waals surface area contributed by atoms with Crippen LogP contribution in [0.25, 0.3) is 0 Å². The van der Waals surface area contributed by atoms with Crippen LogP contribution in [-0.2, 0) is 0 Å². The van der Waals surface area contributed by atoms with Crippen LogP contribution in [0.3, 0.4) is 0 Å². The van der Waals surface area contributed by atoms with Crippen LogP contribution in [0.4, 0.5) is 0 Å². The topological polar surface area (TPSA) is 49.9 Å². The number of hydrogen-bond acceptors (Lipinski definition) is 2. The third-order valence-electron chi connectivity index (χ3n) is 2.30. The number of benzene rings is 1. The highest BCUT2D eigenvalue weighted by Crippen LogP contribution is 2.25. The maximum absolute atomic E-state index is 7.32. The van der Waals surface area contributed by atoms with Gasteiger partial charge in [-0.2, -0.15) is 0 Å². The number of hydrogen-bond donors (Lipinski definition) is 2. The monoisotopic (exact) mass is 222 g/mol. The molecule has 1 rings (SSSR count). The molecule has 3 heteroatoms. The van der Waals surface area contributed by atoms with E-state index in [4.69, 9.17) is 11.1 Å². The zero-order chi connectivity index (χ0) is 11.4. The molecule has 3 N–H and O–H groups in total. The summed E-state index contributed by atoms with van der Waals surface area (Å²) in [5.41, 5.74) is 6.77. The Kier molecular flexibility index (Phi) is 4.21. The fourth-order valence-electron chi connectivity index (χ4n) is 1.20. The molecule has 0 radical (unpaired) electrons. The first-order valence-electron chi connectivity index (χ1n) is 5.11. The molecule has 0 fully saturated rings. The summed E-state index contributed by atoms with van der Waals surface area (Å²) >= 11 is 1.62. The van der Waals surface area contributed by atoms with Crippen molar-refractivity contribution in [3.05, 3.63) is 29.8 Å². The fourth-order valence-corrected chi connectivity index (χ4v) is 2.03. The van der Waals surface area contributed by atoms with Crippen molar-refractivity contribution in [1.29, 1.82) is 5.41 Å². The lowest BCUT2D eigenvalue weighted by Gasteiger charge is -2.10. The molecule has 0 spiro atoms. The van der Waals surface area contributed by atoms with E-state index in [1.54, 1.807) is 11.8 Å². The van der Waals surface area contributed by atoms with Crippen LogP contribution in [0.1, 0.15) is 32.3 Å². The number of nitrogens with two attached hydrogens (primary N) is 1. The largest absolute Gasteiger partial charge is 0.387 e. The van der Waals surface area contributed by atoms with Crippen LogP contribution in [0.5, 0.6) is 0 Å². The van der Waals surface area contributed by atoms with Gasteiger partial charge in [0.1, 0.15) is 5.84 Å². The van der Waals surface area contributed by atoms with Crippen molar-refractivity contribution >= 4 is 17.6 Å². The van der Waals surface area contributed by atoms with Gasteiger partial charge < -0.3 is 5.73 Å². The van der Waals surface area contributed by atoms with Crippen LogP contribution >= 0.6 is 11.8 Å². The second-order valence-corrected chi connectivity index (χ2v) is 5.35. The van der Waals surface area contributed by atoms with E-state index in [-0.39, 0.29) is 11.1 Å². The van der Waals surface area contributed by atoms with E-state index in [9.17, 15) is 0 Å². The SMILES string of the molecule is CC(Sc1ccc(C(C)C)cc1)C(=N)N. The van der Waals surface area contributed by atoms with Gasteiger partial charge in [-0.15, -0.1) is 11.8 Å². The summed E-state index contributed by atoms with van der Waals surface area (Å²) in [6.07, 6.45) is 0. The minimum Gasteiger partial charge on any atom is -0.387 e. The second kappa shape index (κ2) is 5.21. The lowest BCUT2D eigenvalue weighted by molar-refractivity contribution is 0.865. The minimum absolute atomic E-state index is 0.0508. The fraction of sp³-hybridized carbons (Fsp3) is 0.417. The van der Waals surface area contributed by atoms with Crippen molar-refractivity contribution in [2.24, 2.45) is 5.73 Å². The van der Waals surface area contributed by atoms with Crippen molar-refractivity contribution in [2.45, 2.75) is 36.8 Å². The molecule has 1 aromatic carbocycles. The zero-order valence-corrected chi connectivity index (χ0v) is 10.3. The molecule has 1 unspecified atom stereocenters. The van der Waals surface area contributed by atoms with Crippen molar-refractivity contribution in [3.63, 3.8) is 0 Å². The van der Waals surface area contributed by atoms with E-state index in [0.717, 1.165) is 0 Å². The van der Waals surface area contributed by atoms with Crippen LogP contribution in [0.15, 0.2) is 29.2 Å². The van der Waals surface area contributed by atoms with Crippen molar-refractivity contribution in [3.8, 4) is 0 Å². The predicted molar refractivity (Wildman–Crippen MR) is 67.8 cm³/mol. The summed E-state index contributed by atoms with van der Waals surface area (Å²) in [6.45, 7) is 6.31. The highest BCUT2D eigenvalue weighted by atomic mass is 32.2. The zero-order valence-electron chi connectivity index (χ0n) is 9.45. The maximum atomic E-state index is 7.32. The van der Waals surface area contributed by atoms with Gasteiger partial charge >= 0.3 is 0 Å². The first-order valence-corrected chi connectivity index (χ1v) is 5.99. The standard InChI is InChI=1S/C12H18N2S/c1-8(2)10-4-6-11(7-5-10)15-9(3)12(13)14/h4-9H,1-3H3,(H3,13,14). The van der Waals surface area contributed by atoms with Gasteiger partial charge in [0.25, 0.3) is 0 Å². The van der Waals surface area contributed by atoms with Crippen molar-refractivity contribution < 1.29 is 0 Å². The highest BCUT2D eigenvalue weighted by Gasteiger charge is 2.07. The molecule has 0 saturated carbocycles. The lowest BCUT2D eigenvalue weighted by atomic mass is 10.0. The first kappa shape index (κ1) is 12.1. The summed E-state index contributed by atoms with van der Waals surface area (Å²) in [4.78, 5) is 1.17. The summed E-state index contributed by atoms with van der Waals surface area (Å²) in [6, 6.07) is 8.47. The molecule has 0 heterocycles. The highest BCUT2D eigenvalue weighted by molar-refractivity contribution is 8.00. The van der Waals surface area contributed by atoms with Crippen LogP contribution < -0.4 is 5.73 Å². The molecule has 0 aliphatic rings. The molecule has 0 aromatic heterocycles. The Hall–Kier alpha value is -0.960. The summed E-state index contributed by atoms with van der Waals surface area (Å²) in [5.74, 6) is 0.794. The third-order valence-corrected chi connectivity index (χ3v) is 3.45. The molecular weight excluding hydrogens is 204 g/mol. The molecule has 0 bridgehead atoms. The van der Waals surface area contributed by atoms with Gasteiger partial charge in [0.2, 0.25) is 0 Å². The smallest absolute Gasteiger partial charge is 0.104 e. The molecule has 1 atom stereocenters. The summed E-state index contributed by atoms with van der Waals surface area (Å²) in [5, 5.41) is 7.37. The summed E-state index contributed by atoms with van der Waals surface area (Å²) in [7, 11) is 0. The molecule has 0 saturated heterocycles.